The van der Waals surface area contributed by atoms with Crippen LogP contribution in [-0.2, 0) is 0 Å². The molecule has 1 heterocycles. The predicted octanol–water partition coefficient (Wildman–Crippen LogP) is 0.834. The second kappa shape index (κ2) is 6.21. The van der Waals surface area contributed by atoms with Crippen molar-refractivity contribution in [3.63, 3.8) is 0 Å². The largest absolute Gasteiger partial charge is 0.361 e. The van der Waals surface area contributed by atoms with Crippen molar-refractivity contribution in [2.45, 2.75) is 13.0 Å². The zero-order chi connectivity index (χ0) is 12.8. The molecule has 8 nitrogen and oxygen atoms in total. The van der Waals surface area contributed by atoms with Gasteiger partial charge in [0.1, 0.15) is 6.20 Å². The van der Waals surface area contributed by atoms with Gasteiger partial charge in [0.15, 0.2) is 0 Å². The van der Waals surface area contributed by atoms with Crippen LogP contribution < -0.4 is 16.6 Å². The van der Waals surface area contributed by atoms with Crippen molar-refractivity contribution < 1.29 is 4.92 Å². The van der Waals surface area contributed by atoms with Crippen LogP contribution in [0, 0.1) is 10.1 Å². The van der Waals surface area contributed by atoms with E-state index in [2.05, 4.69) is 20.7 Å². The lowest BCUT2D eigenvalue weighted by molar-refractivity contribution is -0.384. The zero-order valence-corrected chi connectivity index (χ0v) is 10.3. The van der Waals surface area contributed by atoms with E-state index in [-0.39, 0.29) is 23.5 Å². The molecule has 0 aliphatic carbocycles. The second-order valence-corrected chi connectivity index (χ2v) is 4.24. The first-order valence-electron chi connectivity index (χ1n) is 4.82. The molecule has 0 saturated carbocycles. The summed E-state index contributed by atoms with van der Waals surface area (Å²) in [6.45, 7) is 1.91. The van der Waals surface area contributed by atoms with E-state index in [9.17, 15) is 10.1 Å². The smallest absolute Gasteiger partial charge is 0.329 e. The van der Waals surface area contributed by atoms with Crippen LogP contribution in [0.2, 0.25) is 0 Å². The normalized spacial score (nSPS) is 11.9. The summed E-state index contributed by atoms with van der Waals surface area (Å²) in [7, 11) is 0. The maximum Gasteiger partial charge on any atom is 0.329 e. The minimum absolute atomic E-state index is 0.0595. The van der Waals surface area contributed by atoms with Crippen molar-refractivity contribution in [2.24, 2.45) is 5.84 Å². The molecule has 0 bridgehead atoms. The first-order chi connectivity index (χ1) is 8.08. The highest BCUT2D eigenvalue weighted by Crippen LogP contribution is 2.22. The molecule has 0 radical (unpaired) electrons. The van der Waals surface area contributed by atoms with Gasteiger partial charge in [0.25, 0.3) is 0 Å². The molecule has 4 N–H and O–H groups in total. The molecule has 9 heteroatoms. The predicted molar refractivity (Wildman–Crippen MR) is 68.0 cm³/mol. The van der Waals surface area contributed by atoms with Crippen molar-refractivity contribution in [1.82, 2.24) is 9.97 Å². The number of nitrogens with zero attached hydrogens (tertiary/aromatic N) is 3. The van der Waals surface area contributed by atoms with E-state index in [0.717, 1.165) is 11.9 Å². The van der Waals surface area contributed by atoms with Crippen LogP contribution in [0.5, 0.6) is 0 Å². The van der Waals surface area contributed by atoms with Gasteiger partial charge in [-0.25, -0.2) is 10.8 Å². The van der Waals surface area contributed by atoms with Crippen molar-refractivity contribution in [3.8, 4) is 0 Å². The van der Waals surface area contributed by atoms with E-state index in [1.807, 2.05) is 13.2 Å². The van der Waals surface area contributed by atoms with Crippen molar-refractivity contribution in [2.75, 3.05) is 22.8 Å². The maximum atomic E-state index is 10.8. The van der Waals surface area contributed by atoms with Gasteiger partial charge < -0.3 is 5.32 Å². The van der Waals surface area contributed by atoms with Crippen LogP contribution in [0.4, 0.5) is 17.5 Å². The van der Waals surface area contributed by atoms with Crippen LogP contribution in [-0.4, -0.2) is 32.9 Å². The summed E-state index contributed by atoms with van der Waals surface area (Å²) in [5.74, 6) is 6.27. The SMILES string of the molecule is CSCC(C)Nc1nc(NN)ncc1[N+](=O)[O-]. The Morgan fingerprint density at radius 3 is 2.94 bits per heavy atom. The Morgan fingerprint density at radius 2 is 2.41 bits per heavy atom. The quantitative estimate of drug-likeness (QED) is 0.390. The molecule has 0 amide bonds. The van der Waals surface area contributed by atoms with Gasteiger partial charge in [-0.15, -0.1) is 0 Å². The minimum Gasteiger partial charge on any atom is -0.361 e. The van der Waals surface area contributed by atoms with Gasteiger partial charge in [0.2, 0.25) is 11.8 Å². The summed E-state index contributed by atoms with van der Waals surface area (Å²) in [5.41, 5.74) is 2.08. The first-order valence-corrected chi connectivity index (χ1v) is 6.21. The first kappa shape index (κ1) is 13.5. The van der Waals surface area contributed by atoms with Crippen LogP contribution in [0.3, 0.4) is 0 Å². The number of anilines is 2. The fourth-order valence-electron chi connectivity index (χ4n) is 1.21. The van der Waals surface area contributed by atoms with Crippen LogP contribution in [0.25, 0.3) is 0 Å². The monoisotopic (exact) mass is 258 g/mol. The van der Waals surface area contributed by atoms with Crippen molar-refractivity contribution in [1.29, 1.82) is 0 Å². The minimum atomic E-state index is -0.533. The number of nitrogens with two attached hydrogens (primary N) is 1. The third-order valence-corrected chi connectivity index (χ3v) is 2.73. The van der Waals surface area contributed by atoms with Gasteiger partial charge in [-0.3, -0.25) is 15.5 Å². The van der Waals surface area contributed by atoms with Gasteiger partial charge in [-0.1, -0.05) is 0 Å². The molecular weight excluding hydrogens is 244 g/mol. The van der Waals surface area contributed by atoms with Crippen LogP contribution in [0.15, 0.2) is 6.20 Å². The number of thioether (sulfide) groups is 1. The number of hydrogen-bond donors (Lipinski definition) is 3. The van der Waals surface area contributed by atoms with Gasteiger partial charge in [0.05, 0.1) is 4.92 Å². The molecule has 1 aromatic heterocycles. The van der Waals surface area contributed by atoms with Gasteiger partial charge in [-0.2, -0.15) is 16.7 Å². The molecule has 1 atom stereocenters. The molecule has 0 saturated heterocycles. The topological polar surface area (TPSA) is 119 Å². The summed E-state index contributed by atoms with van der Waals surface area (Å²) in [6.07, 6.45) is 3.08. The maximum absolute atomic E-state index is 10.8. The molecule has 0 aliphatic heterocycles. The average Bonchev–Trinajstić information content (AvgIpc) is 2.28. The second-order valence-electron chi connectivity index (χ2n) is 3.33. The van der Waals surface area contributed by atoms with Crippen molar-refractivity contribution >= 4 is 29.2 Å². The fourth-order valence-corrected chi connectivity index (χ4v) is 1.79. The van der Waals surface area contributed by atoms with E-state index in [1.54, 1.807) is 11.8 Å². The Balaban J connectivity index is 2.96. The Hall–Kier alpha value is -1.61. The van der Waals surface area contributed by atoms with Gasteiger partial charge >= 0.3 is 5.69 Å². The molecule has 0 fully saturated rings. The Kier molecular flexibility index (Phi) is 4.91. The lowest BCUT2D eigenvalue weighted by atomic mass is 10.3. The molecule has 0 spiro atoms. The third kappa shape index (κ3) is 3.71. The van der Waals surface area contributed by atoms with E-state index in [4.69, 9.17) is 5.84 Å². The average molecular weight is 258 g/mol. The molecule has 0 aromatic carbocycles. The molecule has 1 rings (SSSR count). The summed E-state index contributed by atoms with van der Waals surface area (Å²) in [4.78, 5) is 17.9. The molecule has 17 heavy (non-hydrogen) atoms. The lowest BCUT2D eigenvalue weighted by Crippen LogP contribution is -2.20. The lowest BCUT2D eigenvalue weighted by Gasteiger charge is -2.13. The standard InChI is InChI=1S/C8H14N6O2S/c1-5(4-17-2)11-7-6(14(15)16)3-10-8(12-7)13-9/h3,5H,4,9H2,1-2H3,(H2,10,11,12,13). The summed E-state index contributed by atoms with van der Waals surface area (Å²) >= 11 is 1.64. The number of nitro groups is 1. The molecule has 1 aromatic rings. The Morgan fingerprint density at radius 1 is 1.71 bits per heavy atom. The number of hydrogen-bond acceptors (Lipinski definition) is 8. The van der Waals surface area contributed by atoms with E-state index in [0.29, 0.717) is 0 Å². The zero-order valence-electron chi connectivity index (χ0n) is 9.51. The van der Waals surface area contributed by atoms with Crippen LogP contribution >= 0.6 is 11.8 Å². The number of rotatable bonds is 6. The Bertz CT molecular complexity index is 402. The van der Waals surface area contributed by atoms with E-state index < -0.39 is 4.92 Å². The molecule has 1 unspecified atom stereocenters. The summed E-state index contributed by atoms with van der Waals surface area (Å²) in [5, 5.41) is 13.7. The highest BCUT2D eigenvalue weighted by Gasteiger charge is 2.18. The van der Waals surface area contributed by atoms with E-state index in [1.165, 1.54) is 0 Å². The number of aromatic nitrogens is 2. The van der Waals surface area contributed by atoms with Crippen molar-refractivity contribution in [3.05, 3.63) is 16.3 Å². The molecule has 0 aliphatic rings. The Labute approximate surface area is 103 Å². The fraction of sp³-hybridized carbons (Fsp3) is 0.500. The highest BCUT2D eigenvalue weighted by molar-refractivity contribution is 7.98. The highest BCUT2D eigenvalue weighted by atomic mass is 32.2. The summed E-state index contributed by atoms with van der Waals surface area (Å²) < 4.78 is 0. The van der Waals surface area contributed by atoms with Gasteiger partial charge in [0, 0.05) is 11.8 Å². The third-order valence-electron chi connectivity index (χ3n) is 1.90. The molecular formula is C8H14N6O2S. The van der Waals surface area contributed by atoms with Gasteiger partial charge in [-0.05, 0) is 13.2 Å². The number of hydrazine groups is 1. The van der Waals surface area contributed by atoms with Crippen LogP contribution in [0.1, 0.15) is 6.92 Å². The molecule has 94 valence electrons. The number of nitrogens with one attached hydrogen (secondary N) is 2. The summed E-state index contributed by atoms with van der Waals surface area (Å²) in [6, 6.07) is 0.0595. The number of nitrogen functional groups attached to an aromatic ring is 1. The van der Waals surface area contributed by atoms with E-state index >= 15 is 0 Å².